The lowest BCUT2D eigenvalue weighted by Gasteiger charge is -2.13. The van der Waals surface area contributed by atoms with E-state index in [2.05, 4.69) is 4.74 Å². The van der Waals surface area contributed by atoms with Crippen LogP contribution in [0, 0.1) is 5.82 Å². The number of amides is 1. The van der Waals surface area contributed by atoms with E-state index < -0.39 is 18.0 Å². The van der Waals surface area contributed by atoms with E-state index in [1.54, 1.807) is 6.92 Å². The Morgan fingerprint density at radius 3 is 2.88 bits per heavy atom. The van der Waals surface area contributed by atoms with Crippen molar-refractivity contribution in [2.24, 2.45) is 5.73 Å². The van der Waals surface area contributed by atoms with Gasteiger partial charge in [0.25, 0.3) is 0 Å². The molecule has 1 unspecified atom stereocenters. The third-order valence-electron chi connectivity index (χ3n) is 1.89. The number of benzene rings is 1. The van der Waals surface area contributed by atoms with Crippen LogP contribution in [-0.4, -0.2) is 25.1 Å². The van der Waals surface area contributed by atoms with E-state index in [0.717, 1.165) is 6.07 Å². The van der Waals surface area contributed by atoms with E-state index in [0.29, 0.717) is 6.29 Å². The lowest BCUT2D eigenvalue weighted by molar-refractivity contribution is 0.0816. The van der Waals surface area contributed by atoms with Crippen LogP contribution in [0.5, 0.6) is 5.75 Å². The molecule has 0 heterocycles. The van der Waals surface area contributed by atoms with Crippen molar-refractivity contribution in [2.75, 3.05) is 6.61 Å². The van der Waals surface area contributed by atoms with Gasteiger partial charge in [0.2, 0.25) is 0 Å². The molecule has 0 saturated heterocycles. The minimum absolute atomic E-state index is 0.0232. The number of carbonyl (C=O) groups is 2. The van der Waals surface area contributed by atoms with Crippen molar-refractivity contribution in [3.8, 4) is 5.75 Å². The Labute approximate surface area is 97.3 Å². The zero-order chi connectivity index (χ0) is 12.8. The molecule has 0 aromatic heterocycles. The van der Waals surface area contributed by atoms with Crippen LogP contribution < -0.4 is 10.5 Å². The molecule has 0 spiro atoms. The Bertz CT molecular complexity index is 422. The molecule has 0 bridgehead atoms. The molecule has 92 valence electrons. The van der Waals surface area contributed by atoms with Crippen molar-refractivity contribution in [1.82, 2.24) is 0 Å². The molecule has 0 aliphatic carbocycles. The second-order valence-corrected chi connectivity index (χ2v) is 3.36. The first kappa shape index (κ1) is 13.0. The minimum atomic E-state index is -0.907. The standard InChI is InChI=1S/C11H12FNO4/c1-7(17-11(13)15)6-16-10-3-2-9(12)4-8(10)5-14/h2-5,7H,6H2,1H3,(H2,13,15). The SMILES string of the molecule is CC(COc1ccc(F)cc1C=O)OC(N)=O. The number of halogens is 1. The Morgan fingerprint density at radius 2 is 2.29 bits per heavy atom. The van der Waals surface area contributed by atoms with Crippen molar-refractivity contribution in [2.45, 2.75) is 13.0 Å². The molecule has 1 rings (SSSR count). The smallest absolute Gasteiger partial charge is 0.404 e. The predicted octanol–water partition coefficient (Wildman–Crippen LogP) is 1.50. The van der Waals surface area contributed by atoms with Crippen molar-refractivity contribution in [3.63, 3.8) is 0 Å². The third kappa shape index (κ3) is 4.10. The van der Waals surface area contributed by atoms with Crippen LogP contribution in [0.2, 0.25) is 0 Å². The van der Waals surface area contributed by atoms with Crippen LogP contribution in [-0.2, 0) is 4.74 Å². The van der Waals surface area contributed by atoms with Crippen molar-refractivity contribution in [3.05, 3.63) is 29.6 Å². The average Bonchev–Trinajstić information content (AvgIpc) is 2.26. The van der Waals surface area contributed by atoms with E-state index in [4.69, 9.17) is 10.5 Å². The molecule has 1 amide bonds. The van der Waals surface area contributed by atoms with Gasteiger partial charge in [-0.25, -0.2) is 9.18 Å². The normalized spacial score (nSPS) is 11.6. The summed E-state index contributed by atoms with van der Waals surface area (Å²) in [7, 11) is 0. The van der Waals surface area contributed by atoms with Gasteiger partial charge in [0, 0.05) is 0 Å². The van der Waals surface area contributed by atoms with Gasteiger partial charge in [-0.2, -0.15) is 0 Å². The molecule has 1 aromatic rings. The van der Waals surface area contributed by atoms with Crippen LogP contribution in [0.4, 0.5) is 9.18 Å². The first-order valence-corrected chi connectivity index (χ1v) is 4.86. The predicted molar refractivity (Wildman–Crippen MR) is 57.4 cm³/mol. The van der Waals surface area contributed by atoms with Crippen molar-refractivity contribution < 1.29 is 23.5 Å². The topological polar surface area (TPSA) is 78.6 Å². The van der Waals surface area contributed by atoms with Gasteiger partial charge in [-0.05, 0) is 25.1 Å². The van der Waals surface area contributed by atoms with E-state index in [-0.39, 0.29) is 17.9 Å². The maximum atomic E-state index is 12.8. The van der Waals surface area contributed by atoms with E-state index in [9.17, 15) is 14.0 Å². The van der Waals surface area contributed by atoms with Crippen molar-refractivity contribution in [1.29, 1.82) is 0 Å². The summed E-state index contributed by atoms with van der Waals surface area (Å²) in [5.41, 5.74) is 4.91. The molecule has 1 atom stereocenters. The molecule has 5 nitrogen and oxygen atoms in total. The Kier molecular flexibility index (Phi) is 4.45. The fourth-order valence-electron chi connectivity index (χ4n) is 1.18. The minimum Gasteiger partial charge on any atom is -0.489 e. The van der Waals surface area contributed by atoms with Gasteiger partial charge >= 0.3 is 6.09 Å². The summed E-state index contributed by atoms with van der Waals surface area (Å²) in [5.74, 6) is -0.304. The summed E-state index contributed by atoms with van der Waals surface area (Å²) in [6.07, 6.45) is -0.981. The zero-order valence-corrected chi connectivity index (χ0v) is 9.18. The highest BCUT2D eigenvalue weighted by Crippen LogP contribution is 2.18. The number of ether oxygens (including phenoxy) is 2. The quantitative estimate of drug-likeness (QED) is 0.792. The first-order chi connectivity index (χ1) is 8.02. The summed E-state index contributed by atoms with van der Waals surface area (Å²) in [6, 6.07) is 3.56. The second kappa shape index (κ2) is 5.83. The monoisotopic (exact) mass is 241 g/mol. The number of nitrogens with two attached hydrogens (primary N) is 1. The molecule has 0 aliphatic heterocycles. The molecule has 17 heavy (non-hydrogen) atoms. The number of rotatable bonds is 5. The number of aldehydes is 1. The van der Waals surface area contributed by atoms with Crippen LogP contribution >= 0.6 is 0 Å². The van der Waals surface area contributed by atoms with Gasteiger partial charge in [0.15, 0.2) is 6.29 Å². The van der Waals surface area contributed by atoms with Crippen LogP contribution in [0.25, 0.3) is 0 Å². The summed E-state index contributed by atoms with van der Waals surface area (Å²) in [4.78, 5) is 21.1. The fraction of sp³-hybridized carbons (Fsp3) is 0.273. The maximum absolute atomic E-state index is 12.8. The van der Waals surface area contributed by atoms with Gasteiger partial charge < -0.3 is 15.2 Å². The van der Waals surface area contributed by atoms with Crippen LogP contribution in [0.15, 0.2) is 18.2 Å². The molecule has 2 N–H and O–H groups in total. The number of hydrogen-bond acceptors (Lipinski definition) is 4. The highest BCUT2D eigenvalue weighted by Gasteiger charge is 2.09. The molecule has 0 radical (unpaired) electrons. The summed E-state index contributed by atoms with van der Waals surface area (Å²) in [5, 5.41) is 0. The number of primary amides is 1. The van der Waals surface area contributed by atoms with E-state index >= 15 is 0 Å². The highest BCUT2D eigenvalue weighted by molar-refractivity contribution is 5.79. The molecular formula is C11H12FNO4. The first-order valence-electron chi connectivity index (χ1n) is 4.86. The van der Waals surface area contributed by atoms with Gasteiger partial charge in [0.05, 0.1) is 5.56 Å². The fourth-order valence-corrected chi connectivity index (χ4v) is 1.18. The van der Waals surface area contributed by atoms with E-state index in [1.807, 2.05) is 0 Å². The highest BCUT2D eigenvalue weighted by atomic mass is 19.1. The van der Waals surface area contributed by atoms with Gasteiger partial charge in [-0.15, -0.1) is 0 Å². The molecule has 6 heteroatoms. The van der Waals surface area contributed by atoms with Crippen LogP contribution in [0.3, 0.4) is 0 Å². The molecule has 1 aromatic carbocycles. The average molecular weight is 241 g/mol. The third-order valence-corrected chi connectivity index (χ3v) is 1.89. The van der Waals surface area contributed by atoms with Gasteiger partial charge in [-0.1, -0.05) is 0 Å². The lowest BCUT2D eigenvalue weighted by atomic mass is 10.2. The van der Waals surface area contributed by atoms with Crippen molar-refractivity contribution >= 4 is 12.4 Å². The molecule has 0 aliphatic rings. The number of hydrogen-bond donors (Lipinski definition) is 1. The summed E-state index contributed by atoms with van der Waals surface area (Å²) >= 11 is 0. The summed E-state index contributed by atoms with van der Waals surface area (Å²) < 4.78 is 22.6. The van der Waals surface area contributed by atoms with Gasteiger partial charge in [0.1, 0.15) is 24.3 Å². The molecular weight excluding hydrogens is 229 g/mol. The Morgan fingerprint density at radius 1 is 1.59 bits per heavy atom. The second-order valence-electron chi connectivity index (χ2n) is 3.36. The Hall–Kier alpha value is -2.11. The summed E-state index contributed by atoms with van der Waals surface area (Å²) in [6.45, 7) is 1.60. The molecule has 0 fully saturated rings. The van der Waals surface area contributed by atoms with Crippen LogP contribution in [0.1, 0.15) is 17.3 Å². The number of carbonyl (C=O) groups excluding carboxylic acids is 2. The molecule has 0 saturated carbocycles. The largest absolute Gasteiger partial charge is 0.489 e. The van der Waals surface area contributed by atoms with Gasteiger partial charge in [-0.3, -0.25) is 4.79 Å². The maximum Gasteiger partial charge on any atom is 0.404 e. The zero-order valence-electron chi connectivity index (χ0n) is 9.18. The van der Waals surface area contributed by atoms with E-state index in [1.165, 1.54) is 12.1 Å². The Balaban J connectivity index is 2.62. The lowest BCUT2D eigenvalue weighted by Crippen LogP contribution is -2.25.